The molecule has 94 valence electrons. The topological polar surface area (TPSA) is 9.23 Å². The third-order valence-electron chi connectivity index (χ3n) is 2.56. The molecule has 4 rings (SSSR count). The monoisotopic (exact) mass is 284 g/mol. The van der Waals surface area contributed by atoms with Gasteiger partial charge in [0, 0.05) is 0 Å². The van der Waals surface area contributed by atoms with Gasteiger partial charge in [-0.2, -0.15) is 11.3 Å². The molecule has 0 saturated carbocycles. The number of benzene rings is 2. The molecule has 0 fully saturated rings. The molecule has 0 radical (unpaired) electrons. The highest BCUT2D eigenvalue weighted by Crippen LogP contribution is 2.46. The van der Waals surface area contributed by atoms with Crippen molar-refractivity contribution >= 4 is 23.1 Å². The Bertz CT molecular complexity index is 543. The van der Waals surface area contributed by atoms with E-state index in [4.69, 9.17) is 4.74 Å². The summed E-state index contributed by atoms with van der Waals surface area (Å²) in [4.78, 5) is 2.37. The standard InChI is InChI=1S/C12H8OS.C4H4S/c1-3-7-11-9(5-1)13-10-6-2-4-8-12(10)14-11;1-2-4-5-3-1/h1-8H;1-4H. The molecule has 2 aromatic carbocycles. The largest absolute Gasteiger partial charge is 0.455 e. The Morgan fingerprint density at radius 3 is 1.63 bits per heavy atom. The van der Waals surface area contributed by atoms with Crippen molar-refractivity contribution in [1.82, 2.24) is 0 Å². The van der Waals surface area contributed by atoms with E-state index in [2.05, 4.69) is 12.1 Å². The Balaban J connectivity index is 0.000000187. The molecule has 1 aromatic heterocycles. The average Bonchev–Trinajstić information content (AvgIpc) is 3.04. The highest BCUT2D eigenvalue weighted by atomic mass is 32.2. The molecule has 0 atom stereocenters. The van der Waals surface area contributed by atoms with Crippen molar-refractivity contribution in [2.24, 2.45) is 0 Å². The lowest BCUT2D eigenvalue weighted by Gasteiger charge is -2.18. The van der Waals surface area contributed by atoms with Crippen LogP contribution in [0, 0.1) is 0 Å². The number of hydrogen-bond donors (Lipinski definition) is 0. The Morgan fingerprint density at radius 1 is 0.632 bits per heavy atom. The van der Waals surface area contributed by atoms with Crippen molar-refractivity contribution < 1.29 is 4.74 Å². The fourth-order valence-electron chi connectivity index (χ4n) is 1.70. The first-order valence-corrected chi connectivity index (χ1v) is 7.70. The van der Waals surface area contributed by atoms with Gasteiger partial charge in [0.1, 0.15) is 11.5 Å². The van der Waals surface area contributed by atoms with Gasteiger partial charge in [0.05, 0.1) is 9.79 Å². The molecule has 0 spiro atoms. The third-order valence-corrected chi connectivity index (χ3v) is 4.31. The van der Waals surface area contributed by atoms with Crippen LogP contribution < -0.4 is 4.74 Å². The van der Waals surface area contributed by atoms with E-state index in [0.717, 1.165) is 11.5 Å². The molecule has 1 nitrogen and oxygen atoms in total. The minimum Gasteiger partial charge on any atom is -0.455 e. The van der Waals surface area contributed by atoms with Gasteiger partial charge >= 0.3 is 0 Å². The second-order valence-electron chi connectivity index (χ2n) is 3.89. The molecule has 3 aromatic rings. The summed E-state index contributed by atoms with van der Waals surface area (Å²) >= 11 is 3.47. The molecule has 1 aliphatic heterocycles. The predicted molar refractivity (Wildman–Crippen MR) is 81.4 cm³/mol. The summed E-state index contributed by atoms with van der Waals surface area (Å²) in [6, 6.07) is 20.2. The van der Waals surface area contributed by atoms with E-state index >= 15 is 0 Å². The molecule has 0 amide bonds. The van der Waals surface area contributed by atoms with E-state index < -0.39 is 0 Å². The van der Waals surface area contributed by atoms with E-state index in [9.17, 15) is 0 Å². The van der Waals surface area contributed by atoms with E-state index in [0.29, 0.717) is 0 Å². The van der Waals surface area contributed by atoms with Crippen LogP contribution in [0.2, 0.25) is 0 Å². The first kappa shape index (κ1) is 12.3. The zero-order chi connectivity index (χ0) is 12.9. The van der Waals surface area contributed by atoms with Crippen LogP contribution in [0.3, 0.4) is 0 Å². The average molecular weight is 284 g/mol. The molecule has 1 aliphatic rings. The van der Waals surface area contributed by atoms with Gasteiger partial charge in [-0.05, 0) is 35.0 Å². The maximum Gasteiger partial charge on any atom is 0.141 e. The van der Waals surface area contributed by atoms with Crippen LogP contribution >= 0.6 is 23.1 Å². The maximum absolute atomic E-state index is 5.76. The lowest BCUT2D eigenvalue weighted by molar-refractivity contribution is 0.454. The van der Waals surface area contributed by atoms with Crippen molar-refractivity contribution in [3.8, 4) is 11.5 Å². The summed E-state index contributed by atoms with van der Waals surface area (Å²) in [6.45, 7) is 0. The van der Waals surface area contributed by atoms with Crippen LogP contribution in [0.5, 0.6) is 11.5 Å². The smallest absolute Gasteiger partial charge is 0.141 e. The van der Waals surface area contributed by atoms with E-state index in [1.165, 1.54) is 9.79 Å². The zero-order valence-electron chi connectivity index (χ0n) is 10.2. The summed E-state index contributed by atoms with van der Waals surface area (Å²) in [6.07, 6.45) is 0. The molecule has 19 heavy (non-hydrogen) atoms. The number of para-hydroxylation sites is 2. The third kappa shape index (κ3) is 3.00. The number of rotatable bonds is 0. The lowest BCUT2D eigenvalue weighted by Crippen LogP contribution is -1.93. The Kier molecular flexibility index (Phi) is 3.86. The van der Waals surface area contributed by atoms with Crippen molar-refractivity contribution in [3.63, 3.8) is 0 Å². The molecule has 2 heterocycles. The normalized spacial score (nSPS) is 11.4. The lowest BCUT2D eigenvalue weighted by atomic mass is 10.3. The van der Waals surface area contributed by atoms with Crippen LogP contribution in [-0.4, -0.2) is 0 Å². The molecule has 0 N–H and O–H groups in total. The van der Waals surface area contributed by atoms with E-state index in [1.807, 2.05) is 59.3 Å². The van der Waals surface area contributed by atoms with E-state index in [-0.39, 0.29) is 0 Å². The van der Waals surface area contributed by atoms with Gasteiger partial charge in [-0.1, -0.05) is 48.2 Å². The van der Waals surface area contributed by atoms with Crippen LogP contribution in [0.25, 0.3) is 0 Å². The van der Waals surface area contributed by atoms with Crippen LogP contribution in [0.15, 0.2) is 81.2 Å². The number of ether oxygens (including phenoxy) is 1. The number of hydrogen-bond acceptors (Lipinski definition) is 3. The zero-order valence-corrected chi connectivity index (χ0v) is 11.8. The second kappa shape index (κ2) is 5.95. The molecular formula is C16H12OS2. The van der Waals surface area contributed by atoms with Crippen molar-refractivity contribution in [3.05, 3.63) is 71.4 Å². The first-order valence-electron chi connectivity index (χ1n) is 5.94. The summed E-state index contributed by atoms with van der Waals surface area (Å²) in [5.41, 5.74) is 0. The van der Waals surface area contributed by atoms with Gasteiger partial charge in [-0.25, -0.2) is 0 Å². The molecule has 3 heteroatoms. The van der Waals surface area contributed by atoms with Gasteiger partial charge in [0.25, 0.3) is 0 Å². The quantitative estimate of drug-likeness (QED) is 0.410. The SMILES string of the molecule is c1ccc2c(c1)Oc1ccccc1S2.c1ccsc1. The summed E-state index contributed by atoms with van der Waals surface area (Å²) in [7, 11) is 0. The number of thiophene rings is 1. The van der Waals surface area contributed by atoms with Crippen molar-refractivity contribution in [1.29, 1.82) is 0 Å². The fourth-order valence-corrected chi connectivity index (χ4v) is 3.11. The van der Waals surface area contributed by atoms with Crippen LogP contribution in [-0.2, 0) is 0 Å². The molecule has 0 saturated heterocycles. The summed E-state index contributed by atoms with van der Waals surface area (Å²) in [5, 5.41) is 4.08. The molecule has 0 bridgehead atoms. The van der Waals surface area contributed by atoms with Gasteiger partial charge in [0.15, 0.2) is 0 Å². The Hall–Kier alpha value is -1.71. The van der Waals surface area contributed by atoms with Crippen LogP contribution in [0.4, 0.5) is 0 Å². The van der Waals surface area contributed by atoms with Crippen molar-refractivity contribution in [2.45, 2.75) is 9.79 Å². The molecule has 0 aliphatic carbocycles. The van der Waals surface area contributed by atoms with Crippen LogP contribution in [0.1, 0.15) is 0 Å². The first-order chi connectivity index (χ1) is 9.43. The Labute approximate surface area is 120 Å². The minimum absolute atomic E-state index is 0.955. The second-order valence-corrected chi connectivity index (χ2v) is 5.79. The van der Waals surface area contributed by atoms with E-state index in [1.54, 1.807) is 23.1 Å². The van der Waals surface area contributed by atoms with Gasteiger partial charge in [0.2, 0.25) is 0 Å². The summed E-state index contributed by atoms with van der Waals surface area (Å²) in [5.74, 6) is 1.91. The van der Waals surface area contributed by atoms with Gasteiger partial charge < -0.3 is 4.74 Å². The highest BCUT2D eigenvalue weighted by molar-refractivity contribution is 7.99. The Morgan fingerprint density at radius 2 is 1.16 bits per heavy atom. The molecule has 0 unspecified atom stereocenters. The maximum atomic E-state index is 5.76. The predicted octanol–water partition coefficient (Wildman–Crippen LogP) is 5.69. The number of fused-ring (bicyclic) bond motifs is 2. The minimum atomic E-state index is 0.955. The fraction of sp³-hybridized carbons (Fsp3) is 0. The molecular weight excluding hydrogens is 272 g/mol. The van der Waals surface area contributed by atoms with Gasteiger partial charge in [-0.15, -0.1) is 0 Å². The highest BCUT2D eigenvalue weighted by Gasteiger charge is 2.15. The van der Waals surface area contributed by atoms with Crippen molar-refractivity contribution in [2.75, 3.05) is 0 Å². The van der Waals surface area contributed by atoms with Gasteiger partial charge in [-0.3, -0.25) is 0 Å². The summed E-state index contributed by atoms with van der Waals surface area (Å²) < 4.78 is 5.76.